The third kappa shape index (κ3) is 7.34. The Kier molecular flexibility index (Phi) is 10.5. The van der Waals surface area contributed by atoms with Crippen molar-refractivity contribution in [3.05, 3.63) is 193 Å². The van der Waals surface area contributed by atoms with Crippen molar-refractivity contribution in [2.75, 3.05) is 6.61 Å². The molecule has 2 aliphatic heterocycles. The summed E-state index contributed by atoms with van der Waals surface area (Å²) in [5.41, 5.74) is 1.45. The van der Waals surface area contributed by atoms with Gasteiger partial charge in [-0.2, -0.15) is 0 Å². The van der Waals surface area contributed by atoms with Gasteiger partial charge in [0.25, 0.3) is 0 Å². The Morgan fingerprint density at radius 1 is 0.529 bits per heavy atom. The van der Waals surface area contributed by atoms with Crippen LogP contribution in [-0.4, -0.2) is 36.1 Å². The minimum Gasteiger partial charge on any atom is -0.360 e. The van der Waals surface area contributed by atoms with Gasteiger partial charge in [0.15, 0.2) is 6.29 Å². The molecule has 2 aliphatic rings. The van der Waals surface area contributed by atoms with Gasteiger partial charge < -0.3 is 28.4 Å². The average molecular weight is 713 g/mol. The van der Waals surface area contributed by atoms with Crippen molar-refractivity contribution < 1.29 is 28.4 Å². The molecule has 0 saturated carbocycles. The van der Waals surface area contributed by atoms with Gasteiger partial charge in [0.1, 0.15) is 24.4 Å². The van der Waals surface area contributed by atoms with E-state index in [9.17, 15) is 5.11 Å². The van der Waals surface area contributed by atoms with E-state index in [1.807, 2.05) is 133 Å². The van der Waals surface area contributed by atoms with Crippen LogP contribution in [-0.2, 0) is 29.0 Å². The summed E-state index contributed by atoms with van der Waals surface area (Å²) in [6.07, 6.45) is -3.80. The molecular formula is C43H38O6P2. The Bertz CT molecular complexity index is 1880. The molecule has 256 valence electrons. The molecule has 0 aliphatic carbocycles. The largest absolute Gasteiger partial charge is 0.360 e. The number of ether oxygens (including phenoxy) is 3. The zero-order chi connectivity index (χ0) is 34.5. The lowest BCUT2D eigenvalue weighted by Crippen LogP contribution is -2.67. The highest BCUT2D eigenvalue weighted by molar-refractivity contribution is 7.69. The maximum Gasteiger partial charge on any atom is 0.223 e. The van der Waals surface area contributed by atoms with Crippen LogP contribution in [0.25, 0.3) is 0 Å². The summed E-state index contributed by atoms with van der Waals surface area (Å²) in [6.45, 7) is 0.187. The summed E-state index contributed by atoms with van der Waals surface area (Å²) < 4.78 is 34.8. The lowest BCUT2D eigenvalue weighted by Gasteiger charge is -2.53. The zero-order valence-corrected chi connectivity index (χ0v) is 29.6. The SMILES string of the molecule is O[C@]1(c2ccccc2)O[C@@H]2CO[C@H](c3ccccc3)O[C@H]2[C@H](OP(c2ccccc2)c2ccccc2)[C@H]1OP(c1ccccc1)c1ccccc1. The van der Waals surface area contributed by atoms with Crippen LogP contribution < -0.4 is 21.2 Å². The molecule has 6 aromatic carbocycles. The monoisotopic (exact) mass is 712 g/mol. The van der Waals surface area contributed by atoms with Crippen LogP contribution in [0.4, 0.5) is 0 Å². The third-order valence-electron chi connectivity index (χ3n) is 9.07. The fourth-order valence-electron chi connectivity index (χ4n) is 6.60. The molecule has 8 heteroatoms. The number of benzene rings is 6. The lowest BCUT2D eigenvalue weighted by atomic mass is 9.87. The fourth-order valence-corrected chi connectivity index (χ4v) is 10.4. The zero-order valence-electron chi connectivity index (χ0n) is 27.8. The van der Waals surface area contributed by atoms with Crippen molar-refractivity contribution >= 4 is 37.5 Å². The van der Waals surface area contributed by atoms with Crippen LogP contribution in [0.2, 0.25) is 0 Å². The van der Waals surface area contributed by atoms with Crippen LogP contribution in [0.1, 0.15) is 17.4 Å². The van der Waals surface area contributed by atoms with Gasteiger partial charge in [0, 0.05) is 32.3 Å². The highest BCUT2D eigenvalue weighted by Crippen LogP contribution is 2.52. The molecule has 2 fully saturated rings. The maximum absolute atomic E-state index is 13.1. The Balaban J connectivity index is 1.29. The first-order valence-corrected chi connectivity index (χ1v) is 19.6. The van der Waals surface area contributed by atoms with E-state index in [0.29, 0.717) is 5.56 Å². The van der Waals surface area contributed by atoms with Gasteiger partial charge in [-0.3, -0.25) is 0 Å². The molecule has 6 atom stereocenters. The topological polar surface area (TPSA) is 66.4 Å². The van der Waals surface area contributed by atoms with E-state index in [2.05, 4.69) is 48.5 Å². The molecule has 2 heterocycles. The Labute approximate surface area is 301 Å². The van der Waals surface area contributed by atoms with Crippen molar-refractivity contribution in [3.63, 3.8) is 0 Å². The minimum absolute atomic E-state index is 0.187. The number of hydrogen-bond acceptors (Lipinski definition) is 6. The lowest BCUT2D eigenvalue weighted by molar-refractivity contribution is -0.391. The highest BCUT2D eigenvalue weighted by atomic mass is 31.1. The van der Waals surface area contributed by atoms with E-state index in [1.54, 1.807) is 0 Å². The Morgan fingerprint density at radius 3 is 1.41 bits per heavy atom. The summed E-state index contributed by atoms with van der Waals surface area (Å²) in [4.78, 5) is 0. The van der Waals surface area contributed by atoms with Crippen molar-refractivity contribution in [2.45, 2.75) is 36.5 Å². The van der Waals surface area contributed by atoms with Crippen LogP contribution in [0, 0.1) is 0 Å². The van der Waals surface area contributed by atoms with Gasteiger partial charge in [-0.1, -0.05) is 182 Å². The first kappa shape index (κ1) is 34.0. The van der Waals surface area contributed by atoms with Crippen LogP contribution in [0.15, 0.2) is 182 Å². The normalized spacial score (nSPS) is 24.6. The molecule has 51 heavy (non-hydrogen) atoms. The molecular weight excluding hydrogens is 674 g/mol. The third-order valence-corrected chi connectivity index (χ3v) is 13.0. The molecule has 6 aromatic rings. The van der Waals surface area contributed by atoms with Crippen molar-refractivity contribution in [2.24, 2.45) is 0 Å². The summed E-state index contributed by atoms with van der Waals surface area (Å²) in [5, 5.41) is 17.1. The first-order chi connectivity index (χ1) is 25.2. The second-order valence-corrected chi connectivity index (χ2v) is 16.1. The van der Waals surface area contributed by atoms with Crippen LogP contribution >= 0.6 is 16.3 Å². The molecule has 8 rings (SSSR count). The van der Waals surface area contributed by atoms with E-state index < -0.39 is 52.8 Å². The molecule has 2 saturated heterocycles. The molecule has 0 unspecified atom stereocenters. The predicted molar refractivity (Wildman–Crippen MR) is 203 cm³/mol. The molecule has 6 nitrogen and oxygen atoms in total. The predicted octanol–water partition coefficient (Wildman–Crippen LogP) is 7.21. The smallest absolute Gasteiger partial charge is 0.223 e. The van der Waals surface area contributed by atoms with Gasteiger partial charge >= 0.3 is 0 Å². The molecule has 0 aromatic heterocycles. The highest BCUT2D eigenvalue weighted by Gasteiger charge is 2.60. The van der Waals surface area contributed by atoms with Gasteiger partial charge in [0.2, 0.25) is 5.79 Å². The Hall–Kier alpha value is -4.06. The van der Waals surface area contributed by atoms with Gasteiger partial charge in [-0.05, 0) is 0 Å². The number of rotatable bonds is 10. The Morgan fingerprint density at radius 2 is 0.941 bits per heavy atom. The first-order valence-electron chi connectivity index (χ1n) is 17.1. The molecule has 0 bridgehead atoms. The molecule has 0 amide bonds. The second kappa shape index (κ2) is 15.7. The molecule has 0 spiro atoms. The minimum atomic E-state index is -1.92. The summed E-state index contributed by atoms with van der Waals surface area (Å²) in [7, 11) is -2.87. The van der Waals surface area contributed by atoms with Crippen LogP contribution in [0.3, 0.4) is 0 Å². The van der Waals surface area contributed by atoms with Gasteiger partial charge in [0.05, 0.1) is 22.9 Å². The van der Waals surface area contributed by atoms with Crippen molar-refractivity contribution in [3.8, 4) is 0 Å². The standard InChI is InChI=1S/C43H38O6P2/c44-43(33-21-9-2-10-22-33)41(49-51(36-27-15-5-16-28-36)37-29-17-6-18-30-37)40(39-38(47-43)31-45-42(46-39)32-19-7-1-8-20-32)48-50(34-23-11-3-12-24-34)35-25-13-4-14-26-35/h1-30,38-42,44H,31H2/t38-,39-,40+,41-,42+,43-/m1/s1. The van der Waals surface area contributed by atoms with Crippen molar-refractivity contribution in [1.82, 2.24) is 0 Å². The molecule has 1 N–H and O–H groups in total. The number of fused-ring (bicyclic) bond motifs is 1. The van der Waals surface area contributed by atoms with E-state index in [4.69, 9.17) is 23.3 Å². The van der Waals surface area contributed by atoms with Crippen LogP contribution in [0.5, 0.6) is 0 Å². The summed E-state index contributed by atoms with van der Waals surface area (Å²) in [6, 6.07) is 60.1. The van der Waals surface area contributed by atoms with Gasteiger partial charge in [-0.25, -0.2) is 0 Å². The number of hydrogen-bond donors (Lipinski definition) is 1. The van der Waals surface area contributed by atoms with E-state index >= 15 is 0 Å². The second-order valence-electron chi connectivity index (χ2n) is 12.4. The van der Waals surface area contributed by atoms with Crippen molar-refractivity contribution in [1.29, 1.82) is 0 Å². The molecule has 0 radical (unpaired) electrons. The fraction of sp³-hybridized carbons (Fsp3) is 0.163. The summed E-state index contributed by atoms with van der Waals surface area (Å²) in [5.74, 6) is -1.92. The summed E-state index contributed by atoms with van der Waals surface area (Å²) >= 11 is 0. The maximum atomic E-state index is 13.1. The van der Waals surface area contributed by atoms with E-state index in [0.717, 1.165) is 26.8 Å². The van der Waals surface area contributed by atoms with E-state index in [-0.39, 0.29) is 6.61 Å². The average Bonchev–Trinajstić information content (AvgIpc) is 3.21. The number of aliphatic hydroxyl groups is 1. The van der Waals surface area contributed by atoms with Gasteiger partial charge in [-0.15, -0.1) is 0 Å². The quantitative estimate of drug-likeness (QED) is 0.152. The van der Waals surface area contributed by atoms with E-state index in [1.165, 1.54) is 0 Å².